The first-order chi connectivity index (χ1) is 8.22. The van der Waals surface area contributed by atoms with Gasteiger partial charge in [0.25, 0.3) is 0 Å². The standard InChI is InChI=1S/C13H17NO2S/c1-10-9-11(3-4-12(10)15-2)13(17)14-5-7-16-8-6-14/h3-4,9H,5-8H2,1-2H3. The van der Waals surface area contributed by atoms with Crippen LogP contribution in [0.1, 0.15) is 11.1 Å². The molecule has 0 atom stereocenters. The van der Waals surface area contributed by atoms with Gasteiger partial charge >= 0.3 is 0 Å². The van der Waals surface area contributed by atoms with Crippen molar-refractivity contribution >= 4 is 17.2 Å². The summed E-state index contributed by atoms with van der Waals surface area (Å²) in [6.45, 7) is 5.31. The quantitative estimate of drug-likeness (QED) is 0.750. The van der Waals surface area contributed by atoms with Crippen molar-refractivity contribution in [2.24, 2.45) is 0 Å². The maximum absolute atomic E-state index is 5.51. The molecule has 0 saturated carbocycles. The molecule has 1 fully saturated rings. The predicted octanol–water partition coefficient (Wildman–Crippen LogP) is 2.01. The molecule has 0 spiro atoms. The summed E-state index contributed by atoms with van der Waals surface area (Å²) >= 11 is 5.51. The Morgan fingerprint density at radius 3 is 2.65 bits per heavy atom. The Balaban J connectivity index is 2.16. The molecule has 0 bridgehead atoms. The molecule has 0 aromatic heterocycles. The summed E-state index contributed by atoms with van der Waals surface area (Å²) in [5.41, 5.74) is 2.20. The van der Waals surface area contributed by atoms with Gasteiger partial charge in [-0.15, -0.1) is 0 Å². The van der Waals surface area contributed by atoms with Gasteiger partial charge in [0.2, 0.25) is 0 Å². The maximum Gasteiger partial charge on any atom is 0.121 e. The number of nitrogens with zero attached hydrogens (tertiary/aromatic N) is 1. The van der Waals surface area contributed by atoms with Crippen LogP contribution in [0.2, 0.25) is 0 Å². The molecule has 4 heteroatoms. The lowest BCUT2D eigenvalue weighted by atomic mass is 10.1. The first-order valence-corrected chi connectivity index (χ1v) is 6.15. The van der Waals surface area contributed by atoms with E-state index in [0.717, 1.165) is 48.2 Å². The molecule has 1 aliphatic heterocycles. The van der Waals surface area contributed by atoms with Crippen molar-refractivity contribution in [2.75, 3.05) is 33.4 Å². The van der Waals surface area contributed by atoms with Crippen LogP contribution in [-0.2, 0) is 4.74 Å². The SMILES string of the molecule is COc1ccc(C(=S)N2CCOCC2)cc1C. The predicted molar refractivity (Wildman–Crippen MR) is 71.8 cm³/mol. The highest BCUT2D eigenvalue weighted by Gasteiger charge is 2.15. The van der Waals surface area contributed by atoms with Gasteiger partial charge in [0, 0.05) is 18.7 Å². The minimum Gasteiger partial charge on any atom is -0.496 e. The number of methoxy groups -OCH3 is 1. The minimum atomic E-state index is 0.759. The second-order valence-electron chi connectivity index (χ2n) is 4.09. The summed E-state index contributed by atoms with van der Waals surface area (Å²) in [6, 6.07) is 6.07. The summed E-state index contributed by atoms with van der Waals surface area (Å²) < 4.78 is 10.6. The van der Waals surface area contributed by atoms with Crippen LogP contribution in [-0.4, -0.2) is 43.3 Å². The van der Waals surface area contributed by atoms with Crippen molar-refractivity contribution < 1.29 is 9.47 Å². The maximum atomic E-state index is 5.51. The third-order valence-electron chi connectivity index (χ3n) is 2.94. The summed E-state index contributed by atoms with van der Waals surface area (Å²) in [5.74, 6) is 0.901. The Morgan fingerprint density at radius 1 is 1.35 bits per heavy atom. The molecule has 1 saturated heterocycles. The van der Waals surface area contributed by atoms with Crippen molar-refractivity contribution in [3.63, 3.8) is 0 Å². The van der Waals surface area contributed by atoms with Crippen molar-refractivity contribution in [1.29, 1.82) is 0 Å². The lowest BCUT2D eigenvalue weighted by Gasteiger charge is -2.29. The number of hydrogen-bond acceptors (Lipinski definition) is 3. The number of thiocarbonyl (C=S) groups is 1. The van der Waals surface area contributed by atoms with E-state index in [4.69, 9.17) is 21.7 Å². The van der Waals surface area contributed by atoms with Gasteiger partial charge in [-0.2, -0.15) is 0 Å². The van der Waals surface area contributed by atoms with E-state index < -0.39 is 0 Å². The highest BCUT2D eigenvalue weighted by atomic mass is 32.1. The fourth-order valence-corrected chi connectivity index (χ4v) is 2.27. The summed E-state index contributed by atoms with van der Waals surface area (Å²) in [6.07, 6.45) is 0. The lowest BCUT2D eigenvalue weighted by Crippen LogP contribution is -2.40. The van der Waals surface area contributed by atoms with Crippen LogP contribution in [0.5, 0.6) is 5.75 Å². The highest BCUT2D eigenvalue weighted by Crippen LogP contribution is 2.20. The Labute approximate surface area is 107 Å². The zero-order valence-electron chi connectivity index (χ0n) is 10.2. The molecule has 2 rings (SSSR count). The zero-order valence-corrected chi connectivity index (χ0v) is 11.0. The fraction of sp³-hybridized carbons (Fsp3) is 0.462. The minimum absolute atomic E-state index is 0.759. The van der Waals surface area contributed by atoms with Gasteiger partial charge in [-0.3, -0.25) is 0 Å². The van der Waals surface area contributed by atoms with Gasteiger partial charge in [0.05, 0.1) is 20.3 Å². The van der Waals surface area contributed by atoms with Crippen LogP contribution in [0.4, 0.5) is 0 Å². The van der Waals surface area contributed by atoms with Crippen LogP contribution >= 0.6 is 12.2 Å². The van der Waals surface area contributed by atoms with E-state index in [0.29, 0.717) is 0 Å². The van der Waals surface area contributed by atoms with Crippen molar-refractivity contribution in [3.8, 4) is 5.75 Å². The van der Waals surface area contributed by atoms with Gasteiger partial charge in [-0.25, -0.2) is 0 Å². The number of aryl methyl sites for hydroxylation is 1. The summed E-state index contributed by atoms with van der Waals surface area (Å²) in [5, 5.41) is 0. The number of rotatable bonds is 2. The van der Waals surface area contributed by atoms with Gasteiger partial charge in [0.15, 0.2) is 0 Å². The van der Waals surface area contributed by atoms with Crippen LogP contribution in [0.15, 0.2) is 18.2 Å². The zero-order chi connectivity index (χ0) is 12.3. The van der Waals surface area contributed by atoms with E-state index in [2.05, 4.69) is 11.0 Å². The Morgan fingerprint density at radius 2 is 2.06 bits per heavy atom. The second kappa shape index (κ2) is 5.47. The first kappa shape index (κ1) is 12.3. The van der Waals surface area contributed by atoms with Crippen molar-refractivity contribution in [1.82, 2.24) is 4.90 Å². The number of hydrogen-bond donors (Lipinski definition) is 0. The lowest BCUT2D eigenvalue weighted by molar-refractivity contribution is 0.0693. The van der Waals surface area contributed by atoms with Gasteiger partial charge in [0.1, 0.15) is 10.7 Å². The van der Waals surface area contributed by atoms with E-state index >= 15 is 0 Å². The first-order valence-electron chi connectivity index (χ1n) is 5.74. The van der Waals surface area contributed by atoms with Crippen molar-refractivity contribution in [3.05, 3.63) is 29.3 Å². The fourth-order valence-electron chi connectivity index (χ4n) is 1.96. The molecule has 0 N–H and O–H groups in total. The van der Waals surface area contributed by atoms with E-state index in [1.165, 1.54) is 0 Å². The molecule has 0 aliphatic carbocycles. The molecule has 0 radical (unpaired) electrons. The van der Waals surface area contributed by atoms with Crippen LogP contribution < -0.4 is 4.74 Å². The Bertz CT molecular complexity index is 414. The Hall–Kier alpha value is -1.13. The average molecular weight is 251 g/mol. The van der Waals surface area contributed by atoms with Crippen LogP contribution in [0.3, 0.4) is 0 Å². The molecule has 1 heterocycles. The van der Waals surface area contributed by atoms with E-state index in [-0.39, 0.29) is 0 Å². The molecular weight excluding hydrogens is 234 g/mol. The number of benzene rings is 1. The monoisotopic (exact) mass is 251 g/mol. The molecule has 0 amide bonds. The van der Waals surface area contributed by atoms with Crippen LogP contribution in [0.25, 0.3) is 0 Å². The Kier molecular flexibility index (Phi) is 3.97. The molecule has 1 aromatic rings. The number of ether oxygens (including phenoxy) is 2. The van der Waals surface area contributed by atoms with E-state index in [1.807, 2.05) is 19.1 Å². The van der Waals surface area contributed by atoms with Gasteiger partial charge < -0.3 is 14.4 Å². The summed E-state index contributed by atoms with van der Waals surface area (Å²) in [7, 11) is 1.68. The van der Waals surface area contributed by atoms with Crippen LogP contribution in [0, 0.1) is 6.92 Å². The molecule has 1 aromatic carbocycles. The largest absolute Gasteiger partial charge is 0.496 e. The highest BCUT2D eigenvalue weighted by molar-refractivity contribution is 7.80. The molecule has 17 heavy (non-hydrogen) atoms. The van der Waals surface area contributed by atoms with Gasteiger partial charge in [-0.1, -0.05) is 12.2 Å². The third kappa shape index (κ3) is 2.76. The topological polar surface area (TPSA) is 21.7 Å². The molecular formula is C13H17NO2S. The average Bonchev–Trinajstić information content (AvgIpc) is 2.39. The van der Waals surface area contributed by atoms with Crippen molar-refractivity contribution in [2.45, 2.75) is 6.92 Å². The molecule has 1 aliphatic rings. The van der Waals surface area contributed by atoms with E-state index in [1.54, 1.807) is 7.11 Å². The second-order valence-corrected chi connectivity index (χ2v) is 4.48. The third-order valence-corrected chi connectivity index (χ3v) is 3.43. The molecule has 3 nitrogen and oxygen atoms in total. The van der Waals surface area contributed by atoms with E-state index in [9.17, 15) is 0 Å². The molecule has 92 valence electrons. The summed E-state index contributed by atoms with van der Waals surface area (Å²) in [4.78, 5) is 3.10. The molecule has 0 unspecified atom stereocenters. The van der Waals surface area contributed by atoms with Gasteiger partial charge in [-0.05, 0) is 30.7 Å². The smallest absolute Gasteiger partial charge is 0.121 e. The normalized spacial score (nSPS) is 15.8. The number of morpholine rings is 1.